The van der Waals surface area contributed by atoms with E-state index in [1.165, 1.54) is 23.9 Å². The van der Waals surface area contributed by atoms with Crippen molar-refractivity contribution >= 4 is 28.2 Å². The molecule has 1 saturated carbocycles. The van der Waals surface area contributed by atoms with E-state index in [9.17, 15) is 0 Å². The molecule has 18 heavy (non-hydrogen) atoms. The molecule has 94 valence electrons. The minimum atomic E-state index is 0.472. The zero-order valence-electron chi connectivity index (χ0n) is 10.6. The minimum absolute atomic E-state index is 0.472. The molecule has 2 nitrogen and oxygen atoms in total. The van der Waals surface area contributed by atoms with Crippen LogP contribution in [0.25, 0.3) is 10.9 Å². The van der Waals surface area contributed by atoms with Crippen LogP contribution in [-0.4, -0.2) is 17.6 Å². The Morgan fingerprint density at radius 1 is 1.33 bits per heavy atom. The second-order valence-electron chi connectivity index (χ2n) is 4.80. The van der Waals surface area contributed by atoms with Gasteiger partial charge in [-0.05, 0) is 31.9 Å². The Bertz CT molecular complexity index is 563. The van der Waals surface area contributed by atoms with E-state index in [1.807, 2.05) is 6.07 Å². The molecule has 1 aromatic heterocycles. The molecule has 0 atom stereocenters. The summed E-state index contributed by atoms with van der Waals surface area (Å²) in [5.41, 5.74) is 3.30. The van der Waals surface area contributed by atoms with E-state index < -0.39 is 0 Å². The summed E-state index contributed by atoms with van der Waals surface area (Å²) in [6.07, 6.45) is 2.61. The molecule has 0 N–H and O–H groups in total. The van der Waals surface area contributed by atoms with Crippen LogP contribution < -0.4 is 4.90 Å². The van der Waals surface area contributed by atoms with Gasteiger partial charge in [-0.1, -0.05) is 18.2 Å². The Hall–Kier alpha value is -1.28. The molecular formula is C15H17ClN2. The van der Waals surface area contributed by atoms with Crippen LogP contribution in [0.3, 0.4) is 0 Å². The third kappa shape index (κ3) is 2.05. The number of halogens is 1. The SMILES string of the molecule is CCN(c1cc(CCl)nc2ccccc12)C1CC1. The standard InChI is InChI=1S/C15H17ClN2/c1-2-18(12-7-8-12)15-9-11(10-16)17-14-6-4-3-5-13(14)15/h3-6,9,12H,2,7-8,10H2,1H3. The number of rotatable bonds is 4. The molecule has 1 aliphatic carbocycles. The van der Waals surface area contributed by atoms with Crippen LogP contribution in [0.2, 0.25) is 0 Å². The average Bonchev–Trinajstić information content (AvgIpc) is 3.24. The maximum absolute atomic E-state index is 5.96. The number of nitrogens with zero attached hydrogens (tertiary/aromatic N) is 2. The summed E-state index contributed by atoms with van der Waals surface area (Å²) in [6.45, 7) is 3.26. The minimum Gasteiger partial charge on any atom is -0.368 e. The van der Waals surface area contributed by atoms with Gasteiger partial charge in [0.15, 0.2) is 0 Å². The van der Waals surface area contributed by atoms with Crippen molar-refractivity contribution in [1.29, 1.82) is 0 Å². The Morgan fingerprint density at radius 2 is 2.11 bits per heavy atom. The third-order valence-corrected chi connectivity index (χ3v) is 3.80. The smallest absolute Gasteiger partial charge is 0.0726 e. The Kier molecular flexibility index (Phi) is 3.13. The number of hydrogen-bond acceptors (Lipinski definition) is 2. The van der Waals surface area contributed by atoms with E-state index in [-0.39, 0.29) is 0 Å². The highest BCUT2D eigenvalue weighted by atomic mass is 35.5. The zero-order chi connectivity index (χ0) is 12.5. The fraction of sp³-hybridized carbons (Fsp3) is 0.400. The summed E-state index contributed by atoms with van der Waals surface area (Å²) in [4.78, 5) is 7.08. The molecule has 1 fully saturated rings. The van der Waals surface area contributed by atoms with Gasteiger partial charge >= 0.3 is 0 Å². The Balaban J connectivity index is 2.18. The molecular weight excluding hydrogens is 244 g/mol. The van der Waals surface area contributed by atoms with Crippen LogP contribution in [0.4, 0.5) is 5.69 Å². The van der Waals surface area contributed by atoms with Crippen molar-refractivity contribution in [2.24, 2.45) is 0 Å². The van der Waals surface area contributed by atoms with Crippen LogP contribution in [0, 0.1) is 0 Å². The zero-order valence-corrected chi connectivity index (χ0v) is 11.3. The molecule has 1 heterocycles. The molecule has 0 aliphatic heterocycles. The number of anilines is 1. The molecule has 0 unspecified atom stereocenters. The highest BCUT2D eigenvalue weighted by Crippen LogP contribution is 2.35. The van der Waals surface area contributed by atoms with E-state index in [0.717, 1.165) is 17.8 Å². The first-order valence-corrected chi connectivity index (χ1v) is 7.08. The van der Waals surface area contributed by atoms with Gasteiger partial charge in [0, 0.05) is 23.7 Å². The lowest BCUT2D eigenvalue weighted by Crippen LogP contribution is -2.25. The number of pyridine rings is 1. The number of aromatic nitrogens is 1. The van der Waals surface area contributed by atoms with E-state index in [0.29, 0.717) is 11.9 Å². The molecule has 3 heteroatoms. The molecule has 0 spiro atoms. The van der Waals surface area contributed by atoms with Gasteiger partial charge < -0.3 is 4.90 Å². The predicted molar refractivity (Wildman–Crippen MR) is 77.3 cm³/mol. The Labute approximate surface area is 113 Å². The summed E-state index contributed by atoms with van der Waals surface area (Å²) in [6, 6.07) is 11.2. The normalized spacial score (nSPS) is 15.0. The first kappa shape index (κ1) is 11.8. The van der Waals surface area contributed by atoms with Crippen molar-refractivity contribution in [1.82, 2.24) is 4.98 Å². The van der Waals surface area contributed by atoms with Gasteiger partial charge in [-0.2, -0.15) is 0 Å². The third-order valence-electron chi connectivity index (χ3n) is 3.52. The highest BCUT2D eigenvalue weighted by Gasteiger charge is 2.29. The number of hydrogen-bond donors (Lipinski definition) is 0. The Morgan fingerprint density at radius 3 is 2.78 bits per heavy atom. The maximum atomic E-state index is 5.96. The quantitative estimate of drug-likeness (QED) is 0.774. The highest BCUT2D eigenvalue weighted by molar-refractivity contribution is 6.17. The summed E-state index contributed by atoms with van der Waals surface area (Å²) in [5, 5.41) is 1.24. The molecule has 3 rings (SSSR count). The lowest BCUT2D eigenvalue weighted by Gasteiger charge is -2.24. The second kappa shape index (κ2) is 4.77. The predicted octanol–water partition coefficient (Wildman–Crippen LogP) is 3.96. The number of para-hydroxylation sites is 1. The first-order valence-electron chi connectivity index (χ1n) is 6.54. The van der Waals surface area contributed by atoms with Crippen LogP contribution in [0.5, 0.6) is 0 Å². The summed E-state index contributed by atoms with van der Waals surface area (Å²) < 4.78 is 0. The van der Waals surface area contributed by atoms with E-state index in [4.69, 9.17) is 11.6 Å². The van der Waals surface area contributed by atoms with Gasteiger partial charge in [0.25, 0.3) is 0 Å². The van der Waals surface area contributed by atoms with Crippen molar-refractivity contribution in [3.8, 4) is 0 Å². The van der Waals surface area contributed by atoms with Crippen molar-refractivity contribution < 1.29 is 0 Å². The average molecular weight is 261 g/mol. The molecule has 1 aromatic carbocycles. The lowest BCUT2D eigenvalue weighted by atomic mass is 10.1. The van der Waals surface area contributed by atoms with Gasteiger partial charge in [0.05, 0.1) is 17.1 Å². The largest absolute Gasteiger partial charge is 0.368 e. The molecule has 0 bridgehead atoms. The summed E-state index contributed by atoms with van der Waals surface area (Å²) in [5.74, 6) is 0.472. The maximum Gasteiger partial charge on any atom is 0.0726 e. The van der Waals surface area contributed by atoms with E-state index >= 15 is 0 Å². The van der Waals surface area contributed by atoms with Crippen molar-refractivity contribution in [3.05, 3.63) is 36.0 Å². The van der Waals surface area contributed by atoms with Crippen LogP contribution in [-0.2, 0) is 5.88 Å². The molecule has 0 radical (unpaired) electrons. The van der Waals surface area contributed by atoms with Gasteiger partial charge in [-0.25, -0.2) is 0 Å². The summed E-state index contributed by atoms with van der Waals surface area (Å²) >= 11 is 5.96. The molecule has 2 aromatic rings. The molecule has 0 amide bonds. The lowest BCUT2D eigenvalue weighted by molar-refractivity contribution is 0.828. The van der Waals surface area contributed by atoms with Gasteiger partial charge in [-0.3, -0.25) is 4.98 Å². The fourth-order valence-electron chi connectivity index (χ4n) is 2.53. The fourth-order valence-corrected chi connectivity index (χ4v) is 2.66. The number of alkyl halides is 1. The number of benzene rings is 1. The van der Waals surface area contributed by atoms with Gasteiger partial charge in [-0.15, -0.1) is 11.6 Å². The molecule has 0 saturated heterocycles. The van der Waals surface area contributed by atoms with E-state index in [1.54, 1.807) is 0 Å². The monoisotopic (exact) mass is 260 g/mol. The first-order chi connectivity index (χ1) is 8.83. The summed E-state index contributed by atoms with van der Waals surface area (Å²) in [7, 11) is 0. The van der Waals surface area contributed by atoms with Gasteiger partial charge in [0.2, 0.25) is 0 Å². The number of fused-ring (bicyclic) bond motifs is 1. The van der Waals surface area contributed by atoms with E-state index in [2.05, 4.69) is 41.1 Å². The topological polar surface area (TPSA) is 16.1 Å². The van der Waals surface area contributed by atoms with Crippen molar-refractivity contribution in [2.45, 2.75) is 31.7 Å². The second-order valence-corrected chi connectivity index (χ2v) is 5.07. The van der Waals surface area contributed by atoms with Crippen LogP contribution in [0.15, 0.2) is 30.3 Å². The van der Waals surface area contributed by atoms with Gasteiger partial charge in [0.1, 0.15) is 0 Å². The van der Waals surface area contributed by atoms with Crippen molar-refractivity contribution in [3.63, 3.8) is 0 Å². The van der Waals surface area contributed by atoms with Crippen LogP contribution in [0.1, 0.15) is 25.5 Å². The molecule has 1 aliphatic rings. The van der Waals surface area contributed by atoms with Crippen LogP contribution >= 0.6 is 11.6 Å². The van der Waals surface area contributed by atoms with Crippen molar-refractivity contribution in [2.75, 3.05) is 11.4 Å².